The van der Waals surface area contributed by atoms with Gasteiger partial charge in [0.15, 0.2) is 6.29 Å². The van der Waals surface area contributed by atoms with Crippen molar-refractivity contribution in [2.24, 2.45) is 11.8 Å². The fourth-order valence-electron chi connectivity index (χ4n) is 3.35. The predicted octanol–water partition coefficient (Wildman–Crippen LogP) is 4.30. The van der Waals surface area contributed by atoms with Crippen LogP contribution < -0.4 is 0 Å². The maximum atomic E-state index is 12.1. The van der Waals surface area contributed by atoms with E-state index in [1.807, 2.05) is 6.92 Å². The van der Waals surface area contributed by atoms with Crippen molar-refractivity contribution in [3.05, 3.63) is 0 Å². The Hall–Kier alpha value is -0.330. The zero-order chi connectivity index (χ0) is 16.0. The second-order valence-electron chi connectivity index (χ2n) is 6.40. The molecule has 1 saturated heterocycles. The molecule has 1 aliphatic carbocycles. The summed E-state index contributed by atoms with van der Waals surface area (Å²) in [6.07, 6.45) is 0.234. The number of rotatable bonds is 6. The summed E-state index contributed by atoms with van der Waals surface area (Å²) >= 11 is 0. The molecule has 0 N–H and O–H groups in total. The lowest BCUT2D eigenvalue weighted by Crippen LogP contribution is -2.39. The van der Waals surface area contributed by atoms with Crippen LogP contribution in [0.5, 0.6) is 0 Å². The van der Waals surface area contributed by atoms with Gasteiger partial charge in [0.05, 0.1) is 19.3 Å². The van der Waals surface area contributed by atoms with Crippen molar-refractivity contribution >= 4 is 0 Å². The number of hydrogen-bond donors (Lipinski definition) is 0. The Bertz CT molecular complexity index is 306. The summed E-state index contributed by atoms with van der Waals surface area (Å²) < 4.78 is 53.5. The van der Waals surface area contributed by atoms with Gasteiger partial charge >= 0.3 is 6.18 Å². The van der Waals surface area contributed by atoms with E-state index in [4.69, 9.17) is 14.2 Å². The third kappa shape index (κ3) is 6.05. The standard InChI is InChI=1S/C16H27F3O3/c1-2-20-14-7-5-13(6-8-14)15-21-10-12(11-22-15)4-3-9-16(17,18)19/h12-15H,2-11H2,1H3/t12-,13-,14-,15-. The van der Waals surface area contributed by atoms with Crippen LogP contribution in [0.4, 0.5) is 13.2 Å². The second kappa shape index (κ2) is 8.50. The Morgan fingerprint density at radius 2 is 1.68 bits per heavy atom. The number of halogens is 3. The molecule has 6 heteroatoms. The molecule has 0 aromatic rings. The third-order valence-electron chi connectivity index (χ3n) is 4.57. The molecule has 1 aliphatic heterocycles. The molecule has 0 radical (unpaired) electrons. The Kier molecular flexibility index (Phi) is 6.96. The van der Waals surface area contributed by atoms with Gasteiger partial charge in [-0.15, -0.1) is 0 Å². The highest BCUT2D eigenvalue weighted by atomic mass is 19.4. The zero-order valence-electron chi connectivity index (χ0n) is 13.2. The van der Waals surface area contributed by atoms with E-state index >= 15 is 0 Å². The van der Waals surface area contributed by atoms with E-state index < -0.39 is 12.6 Å². The van der Waals surface area contributed by atoms with E-state index in [0.29, 0.717) is 31.7 Å². The smallest absolute Gasteiger partial charge is 0.379 e. The fourth-order valence-corrected chi connectivity index (χ4v) is 3.35. The molecule has 1 saturated carbocycles. The quantitative estimate of drug-likeness (QED) is 0.729. The third-order valence-corrected chi connectivity index (χ3v) is 4.57. The fraction of sp³-hybridized carbons (Fsp3) is 1.00. The van der Waals surface area contributed by atoms with Gasteiger partial charge in [-0.1, -0.05) is 0 Å². The van der Waals surface area contributed by atoms with Crippen LogP contribution in [0.2, 0.25) is 0 Å². The SMILES string of the molecule is CCO[C@H]1CC[C@H]([C@H]2OC[C@H](CCCC(F)(F)F)CO2)CC1. The molecule has 2 aliphatic rings. The van der Waals surface area contributed by atoms with Crippen molar-refractivity contribution < 1.29 is 27.4 Å². The van der Waals surface area contributed by atoms with Crippen LogP contribution >= 0.6 is 0 Å². The summed E-state index contributed by atoms with van der Waals surface area (Å²) in [6.45, 7) is 3.81. The first-order valence-electron chi connectivity index (χ1n) is 8.39. The van der Waals surface area contributed by atoms with Gasteiger partial charge in [-0.2, -0.15) is 13.2 Å². The van der Waals surface area contributed by atoms with Crippen molar-refractivity contribution in [1.82, 2.24) is 0 Å². The first-order valence-corrected chi connectivity index (χ1v) is 8.39. The summed E-state index contributed by atoms with van der Waals surface area (Å²) in [6, 6.07) is 0. The highest BCUT2D eigenvalue weighted by molar-refractivity contribution is 4.77. The maximum absolute atomic E-state index is 12.1. The molecule has 0 aromatic heterocycles. The largest absolute Gasteiger partial charge is 0.389 e. The molecule has 0 unspecified atom stereocenters. The van der Waals surface area contributed by atoms with Gasteiger partial charge in [0.2, 0.25) is 0 Å². The molecule has 0 amide bonds. The van der Waals surface area contributed by atoms with E-state index in [0.717, 1.165) is 32.3 Å². The van der Waals surface area contributed by atoms with Crippen molar-refractivity contribution in [3.63, 3.8) is 0 Å². The van der Waals surface area contributed by atoms with Gasteiger partial charge in [-0.25, -0.2) is 0 Å². The number of alkyl halides is 3. The molecule has 2 fully saturated rings. The van der Waals surface area contributed by atoms with Crippen LogP contribution in [0.3, 0.4) is 0 Å². The van der Waals surface area contributed by atoms with Crippen LogP contribution in [0.25, 0.3) is 0 Å². The summed E-state index contributed by atoms with van der Waals surface area (Å²) in [7, 11) is 0. The van der Waals surface area contributed by atoms with Gasteiger partial charge in [0.1, 0.15) is 0 Å². The molecule has 1 heterocycles. The van der Waals surface area contributed by atoms with Crippen LogP contribution in [0.1, 0.15) is 51.9 Å². The van der Waals surface area contributed by atoms with E-state index in [1.165, 1.54) is 0 Å². The van der Waals surface area contributed by atoms with Gasteiger partial charge in [-0.3, -0.25) is 0 Å². The molecule has 0 bridgehead atoms. The minimum absolute atomic E-state index is 0.0957. The predicted molar refractivity (Wildman–Crippen MR) is 76.5 cm³/mol. The van der Waals surface area contributed by atoms with Crippen LogP contribution in [-0.2, 0) is 14.2 Å². The van der Waals surface area contributed by atoms with Crippen LogP contribution in [0, 0.1) is 11.8 Å². The van der Waals surface area contributed by atoms with Crippen molar-refractivity contribution in [1.29, 1.82) is 0 Å². The Balaban J connectivity index is 1.61. The lowest BCUT2D eigenvalue weighted by Gasteiger charge is -2.37. The average molecular weight is 324 g/mol. The average Bonchev–Trinajstić information content (AvgIpc) is 2.48. The summed E-state index contributed by atoms with van der Waals surface area (Å²) in [5.41, 5.74) is 0. The van der Waals surface area contributed by atoms with E-state index in [2.05, 4.69) is 0 Å². The zero-order valence-corrected chi connectivity index (χ0v) is 13.2. The summed E-state index contributed by atoms with van der Waals surface area (Å²) in [4.78, 5) is 0. The van der Waals surface area contributed by atoms with E-state index in [9.17, 15) is 13.2 Å². The van der Waals surface area contributed by atoms with Crippen molar-refractivity contribution in [2.45, 2.75) is 70.4 Å². The lowest BCUT2D eigenvalue weighted by molar-refractivity contribution is -0.232. The molecule has 0 atom stereocenters. The van der Waals surface area contributed by atoms with Crippen LogP contribution in [0.15, 0.2) is 0 Å². The van der Waals surface area contributed by atoms with E-state index in [1.54, 1.807) is 0 Å². The van der Waals surface area contributed by atoms with E-state index in [-0.39, 0.29) is 18.6 Å². The normalized spacial score (nSPS) is 33.8. The summed E-state index contributed by atoms with van der Waals surface area (Å²) in [5, 5.41) is 0. The Morgan fingerprint density at radius 1 is 1.05 bits per heavy atom. The summed E-state index contributed by atoms with van der Waals surface area (Å²) in [5.74, 6) is 0.492. The van der Waals surface area contributed by atoms with Gasteiger partial charge in [-0.05, 0) is 45.4 Å². The van der Waals surface area contributed by atoms with Gasteiger partial charge in [0, 0.05) is 24.9 Å². The first-order chi connectivity index (χ1) is 10.5. The molecule has 3 nitrogen and oxygen atoms in total. The first kappa shape index (κ1) is 18.0. The van der Waals surface area contributed by atoms with Crippen molar-refractivity contribution in [2.75, 3.05) is 19.8 Å². The van der Waals surface area contributed by atoms with Crippen molar-refractivity contribution in [3.8, 4) is 0 Å². The minimum atomic E-state index is -4.06. The Morgan fingerprint density at radius 3 is 2.23 bits per heavy atom. The van der Waals surface area contributed by atoms with Crippen LogP contribution in [-0.4, -0.2) is 38.4 Å². The second-order valence-corrected chi connectivity index (χ2v) is 6.40. The highest BCUT2D eigenvalue weighted by Crippen LogP contribution is 2.33. The molecule has 2 rings (SSSR count). The monoisotopic (exact) mass is 324 g/mol. The van der Waals surface area contributed by atoms with Gasteiger partial charge in [0.25, 0.3) is 0 Å². The van der Waals surface area contributed by atoms with Gasteiger partial charge < -0.3 is 14.2 Å². The maximum Gasteiger partial charge on any atom is 0.389 e. The number of ether oxygens (including phenoxy) is 3. The lowest BCUT2D eigenvalue weighted by atomic mass is 9.86. The molecule has 130 valence electrons. The molecule has 0 aromatic carbocycles. The molecular formula is C16H27F3O3. The molecular weight excluding hydrogens is 297 g/mol. The topological polar surface area (TPSA) is 27.7 Å². The Labute approximate surface area is 130 Å². The minimum Gasteiger partial charge on any atom is -0.379 e. The molecule has 22 heavy (non-hydrogen) atoms. The number of hydrogen-bond acceptors (Lipinski definition) is 3. The highest BCUT2D eigenvalue weighted by Gasteiger charge is 2.33. The molecule has 0 spiro atoms.